The van der Waals surface area contributed by atoms with Gasteiger partial charge < -0.3 is 5.11 Å². The predicted molar refractivity (Wildman–Crippen MR) is 75.2 cm³/mol. The summed E-state index contributed by atoms with van der Waals surface area (Å²) in [5.74, 6) is 0. The highest BCUT2D eigenvalue weighted by atomic mass is 16.3. The second-order valence-electron chi connectivity index (χ2n) is 4.89. The van der Waals surface area contributed by atoms with Gasteiger partial charge >= 0.3 is 0 Å². The first-order chi connectivity index (χ1) is 9.16. The molecule has 2 heterocycles. The van der Waals surface area contributed by atoms with E-state index >= 15 is 0 Å². The van der Waals surface area contributed by atoms with Gasteiger partial charge in [0.15, 0.2) is 0 Å². The SMILES string of the molecule is Cc1ccc(C)c(C(O)c2cnn3ccccc23)c1. The van der Waals surface area contributed by atoms with Crippen LogP contribution in [0.25, 0.3) is 5.52 Å². The molecule has 1 unspecified atom stereocenters. The molecule has 96 valence electrons. The molecule has 1 N–H and O–H groups in total. The number of pyridine rings is 1. The molecule has 0 radical (unpaired) electrons. The van der Waals surface area contributed by atoms with Gasteiger partial charge in [0.2, 0.25) is 0 Å². The van der Waals surface area contributed by atoms with Crippen LogP contribution in [-0.2, 0) is 0 Å². The second-order valence-corrected chi connectivity index (χ2v) is 4.89. The van der Waals surface area contributed by atoms with Crippen molar-refractivity contribution in [3.05, 3.63) is 71.0 Å². The van der Waals surface area contributed by atoms with Crippen LogP contribution in [-0.4, -0.2) is 14.7 Å². The fourth-order valence-corrected chi connectivity index (χ4v) is 2.39. The van der Waals surface area contributed by atoms with E-state index in [1.165, 1.54) is 0 Å². The maximum absolute atomic E-state index is 10.6. The highest BCUT2D eigenvalue weighted by Gasteiger charge is 2.17. The number of nitrogens with zero attached hydrogens (tertiary/aromatic N) is 2. The molecule has 1 aromatic carbocycles. The van der Waals surface area contributed by atoms with Gasteiger partial charge in [-0.2, -0.15) is 5.10 Å². The van der Waals surface area contributed by atoms with Crippen LogP contribution in [0.1, 0.15) is 28.4 Å². The molecule has 0 aliphatic carbocycles. The molecule has 3 rings (SSSR count). The fourth-order valence-electron chi connectivity index (χ4n) is 2.39. The zero-order valence-corrected chi connectivity index (χ0v) is 11.0. The van der Waals surface area contributed by atoms with E-state index in [1.807, 2.05) is 50.4 Å². The Hall–Kier alpha value is -2.13. The molecular weight excluding hydrogens is 236 g/mol. The number of hydrogen-bond acceptors (Lipinski definition) is 2. The van der Waals surface area contributed by atoms with Crippen LogP contribution in [0.5, 0.6) is 0 Å². The standard InChI is InChI=1S/C16H16N2O/c1-11-6-7-12(2)13(9-11)16(19)14-10-17-18-8-4-3-5-15(14)18/h3-10,16,19H,1-2H3. The van der Waals surface area contributed by atoms with Crippen LogP contribution < -0.4 is 0 Å². The monoisotopic (exact) mass is 252 g/mol. The molecule has 0 fully saturated rings. The third-order valence-electron chi connectivity index (χ3n) is 3.48. The molecule has 0 spiro atoms. The summed E-state index contributed by atoms with van der Waals surface area (Å²) in [7, 11) is 0. The normalized spacial score (nSPS) is 12.8. The highest BCUT2D eigenvalue weighted by molar-refractivity contribution is 5.57. The number of rotatable bonds is 2. The Bertz CT molecular complexity index is 730. The smallest absolute Gasteiger partial charge is 0.108 e. The van der Waals surface area contributed by atoms with Crippen molar-refractivity contribution < 1.29 is 5.11 Å². The minimum Gasteiger partial charge on any atom is -0.384 e. The van der Waals surface area contributed by atoms with Gasteiger partial charge in [0.1, 0.15) is 6.10 Å². The minimum absolute atomic E-state index is 0.639. The maximum Gasteiger partial charge on any atom is 0.108 e. The third-order valence-corrected chi connectivity index (χ3v) is 3.48. The first kappa shape index (κ1) is 11.9. The van der Waals surface area contributed by atoms with Gasteiger partial charge in [0, 0.05) is 11.8 Å². The largest absolute Gasteiger partial charge is 0.384 e. The summed E-state index contributed by atoms with van der Waals surface area (Å²) in [5, 5.41) is 14.9. The summed E-state index contributed by atoms with van der Waals surface area (Å²) in [6, 6.07) is 12.0. The van der Waals surface area contributed by atoms with Crippen molar-refractivity contribution in [3.8, 4) is 0 Å². The van der Waals surface area contributed by atoms with Gasteiger partial charge in [-0.15, -0.1) is 0 Å². The van der Waals surface area contributed by atoms with E-state index in [0.29, 0.717) is 0 Å². The number of aliphatic hydroxyl groups excluding tert-OH is 1. The maximum atomic E-state index is 10.6. The van der Waals surface area contributed by atoms with E-state index in [1.54, 1.807) is 10.7 Å². The molecule has 3 heteroatoms. The van der Waals surface area contributed by atoms with E-state index in [2.05, 4.69) is 11.2 Å². The summed E-state index contributed by atoms with van der Waals surface area (Å²) in [5.41, 5.74) is 4.97. The van der Waals surface area contributed by atoms with Crippen molar-refractivity contribution in [2.45, 2.75) is 20.0 Å². The van der Waals surface area contributed by atoms with E-state index in [4.69, 9.17) is 0 Å². The molecule has 3 nitrogen and oxygen atoms in total. The molecule has 1 atom stereocenters. The van der Waals surface area contributed by atoms with Crippen molar-refractivity contribution in [1.82, 2.24) is 9.61 Å². The number of benzene rings is 1. The Balaban J connectivity index is 2.13. The van der Waals surface area contributed by atoms with E-state index in [-0.39, 0.29) is 0 Å². The molecule has 0 saturated heterocycles. The summed E-state index contributed by atoms with van der Waals surface area (Å²) in [4.78, 5) is 0. The average Bonchev–Trinajstić information content (AvgIpc) is 2.84. The Morgan fingerprint density at radius 2 is 1.95 bits per heavy atom. The van der Waals surface area contributed by atoms with Gasteiger partial charge in [-0.25, -0.2) is 4.52 Å². The van der Waals surface area contributed by atoms with E-state index in [0.717, 1.165) is 27.8 Å². The van der Waals surface area contributed by atoms with E-state index in [9.17, 15) is 5.11 Å². The average molecular weight is 252 g/mol. The fraction of sp³-hybridized carbons (Fsp3) is 0.188. The lowest BCUT2D eigenvalue weighted by molar-refractivity contribution is 0.221. The number of aromatic nitrogens is 2. The minimum atomic E-state index is -0.639. The second kappa shape index (κ2) is 4.52. The molecule has 0 aliphatic rings. The van der Waals surface area contributed by atoms with Crippen LogP contribution in [0.2, 0.25) is 0 Å². The van der Waals surface area contributed by atoms with Gasteiger partial charge in [-0.3, -0.25) is 0 Å². The summed E-state index contributed by atoms with van der Waals surface area (Å²) in [6.07, 6.45) is 2.98. The van der Waals surface area contributed by atoms with Gasteiger partial charge in [0.05, 0.1) is 11.7 Å². The Morgan fingerprint density at radius 1 is 1.11 bits per heavy atom. The third kappa shape index (κ3) is 2.02. The topological polar surface area (TPSA) is 37.5 Å². The Morgan fingerprint density at radius 3 is 2.79 bits per heavy atom. The van der Waals surface area contributed by atoms with Crippen molar-refractivity contribution in [1.29, 1.82) is 0 Å². The summed E-state index contributed by atoms with van der Waals surface area (Å²) < 4.78 is 1.78. The van der Waals surface area contributed by atoms with Gasteiger partial charge in [-0.1, -0.05) is 29.8 Å². The van der Waals surface area contributed by atoms with Crippen LogP contribution in [0.15, 0.2) is 48.8 Å². The number of hydrogen-bond donors (Lipinski definition) is 1. The lowest BCUT2D eigenvalue weighted by atomic mass is 9.96. The molecule has 0 bridgehead atoms. The van der Waals surface area contributed by atoms with Crippen LogP contribution >= 0.6 is 0 Å². The van der Waals surface area contributed by atoms with Crippen LogP contribution in [0.4, 0.5) is 0 Å². The molecule has 0 amide bonds. The number of aryl methyl sites for hydroxylation is 2. The lowest BCUT2D eigenvalue weighted by Crippen LogP contribution is -2.02. The summed E-state index contributed by atoms with van der Waals surface area (Å²) >= 11 is 0. The molecule has 19 heavy (non-hydrogen) atoms. The molecule has 0 aliphatic heterocycles. The number of fused-ring (bicyclic) bond motifs is 1. The molecular formula is C16H16N2O. The Labute approximate surface area is 112 Å². The highest BCUT2D eigenvalue weighted by Crippen LogP contribution is 2.28. The van der Waals surface area contributed by atoms with Crippen molar-refractivity contribution >= 4 is 5.52 Å². The Kier molecular flexibility index (Phi) is 2.84. The first-order valence-electron chi connectivity index (χ1n) is 6.34. The predicted octanol–water partition coefficient (Wildman–Crippen LogP) is 3.03. The van der Waals surface area contributed by atoms with Gasteiger partial charge in [0.25, 0.3) is 0 Å². The zero-order chi connectivity index (χ0) is 13.4. The molecule has 0 saturated carbocycles. The van der Waals surface area contributed by atoms with Crippen LogP contribution in [0.3, 0.4) is 0 Å². The quantitative estimate of drug-likeness (QED) is 0.761. The van der Waals surface area contributed by atoms with E-state index < -0.39 is 6.10 Å². The lowest BCUT2D eigenvalue weighted by Gasteiger charge is -2.13. The number of aliphatic hydroxyl groups is 1. The molecule has 3 aromatic rings. The summed E-state index contributed by atoms with van der Waals surface area (Å²) in [6.45, 7) is 4.05. The van der Waals surface area contributed by atoms with Crippen molar-refractivity contribution in [2.24, 2.45) is 0 Å². The first-order valence-corrected chi connectivity index (χ1v) is 6.34. The van der Waals surface area contributed by atoms with Crippen LogP contribution in [0, 0.1) is 13.8 Å². The van der Waals surface area contributed by atoms with Crippen molar-refractivity contribution in [2.75, 3.05) is 0 Å². The van der Waals surface area contributed by atoms with Gasteiger partial charge in [-0.05, 0) is 37.1 Å². The molecule has 2 aromatic heterocycles. The van der Waals surface area contributed by atoms with Crippen molar-refractivity contribution in [3.63, 3.8) is 0 Å². The zero-order valence-electron chi connectivity index (χ0n) is 11.0.